The van der Waals surface area contributed by atoms with E-state index in [1.807, 2.05) is 6.07 Å². The Labute approximate surface area is 97.5 Å². The highest BCUT2D eigenvalue weighted by molar-refractivity contribution is 9.10. The van der Waals surface area contributed by atoms with E-state index < -0.39 is 0 Å². The van der Waals surface area contributed by atoms with Gasteiger partial charge in [-0.2, -0.15) is 0 Å². The quantitative estimate of drug-likeness (QED) is 0.735. The maximum absolute atomic E-state index is 4.24. The minimum atomic E-state index is 0.811. The molecule has 0 unspecified atom stereocenters. The molecule has 0 saturated heterocycles. The Balaban J connectivity index is 2.50. The summed E-state index contributed by atoms with van der Waals surface area (Å²) >= 11 is 3.34. The van der Waals surface area contributed by atoms with Crippen molar-refractivity contribution in [1.82, 2.24) is 9.97 Å². The van der Waals surface area contributed by atoms with Crippen LogP contribution in [0.4, 0.5) is 0 Å². The average molecular weight is 263 g/mol. The fraction of sp³-hybridized carbons (Fsp3) is 0.167. The summed E-state index contributed by atoms with van der Waals surface area (Å²) in [6.45, 7) is 4.21. The predicted octanol–water partition coefficient (Wildman–Crippen LogP) is 3.52. The molecule has 0 aliphatic carbocycles. The van der Waals surface area contributed by atoms with Crippen LogP contribution in [0.5, 0.6) is 0 Å². The molecule has 0 fully saturated rings. The first-order chi connectivity index (χ1) is 7.16. The molecule has 0 saturated carbocycles. The van der Waals surface area contributed by atoms with E-state index in [9.17, 15) is 0 Å². The third-order valence-electron chi connectivity index (χ3n) is 2.44. The molecular formula is C12H11BrN2. The minimum absolute atomic E-state index is 0.811. The van der Waals surface area contributed by atoms with E-state index in [0.29, 0.717) is 0 Å². The second-order valence-corrected chi connectivity index (χ2v) is 4.34. The fourth-order valence-corrected chi connectivity index (χ4v) is 1.70. The number of aryl methyl sites for hydroxylation is 2. The van der Waals surface area contributed by atoms with Gasteiger partial charge in [-0.15, -0.1) is 0 Å². The van der Waals surface area contributed by atoms with E-state index in [2.05, 4.69) is 57.9 Å². The molecule has 0 aliphatic rings. The van der Waals surface area contributed by atoms with Crippen LogP contribution in [-0.2, 0) is 0 Å². The molecule has 0 radical (unpaired) electrons. The number of hydrogen-bond donors (Lipinski definition) is 0. The summed E-state index contributed by atoms with van der Waals surface area (Å²) in [6.07, 6.45) is 1.56. The molecule has 0 amide bonds. The third kappa shape index (κ3) is 2.23. The Morgan fingerprint density at radius 3 is 2.47 bits per heavy atom. The molecule has 0 aliphatic heterocycles. The lowest BCUT2D eigenvalue weighted by atomic mass is 10.0. The molecule has 0 spiro atoms. The monoisotopic (exact) mass is 262 g/mol. The molecule has 0 N–H and O–H groups in total. The van der Waals surface area contributed by atoms with Crippen molar-refractivity contribution < 1.29 is 0 Å². The molecule has 1 heterocycles. The molecule has 3 heteroatoms. The zero-order valence-electron chi connectivity index (χ0n) is 8.66. The Morgan fingerprint density at radius 1 is 1.00 bits per heavy atom. The van der Waals surface area contributed by atoms with Gasteiger partial charge >= 0.3 is 0 Å². The van der Waals surface area contributed by atoms with E-state index in [1.54, 1.807) is 6.33 Å². The normalized spacial score (nSPS) is 10.3. The molecule has 0 bridgehead atoms. The second kappa shape index (κ2) is 4.11. The molecule has 2 nitrogen and oxygen atoms in total. The van der Waals surface area contributed by atoms with Crippen LogP contribution in [-0.4, -0.2) is 9.97 Å². The van der Waals surface area contributed by atoms with Gasteiger partial charge < -0.3 is 0 Å². The fourth-order valence-electron chi connectivity index (χ4n) is 1.39. The zero-order valence-corrected chi connectivity index (χ0v) is 10.2. The maximum atomic E-state index is 4.24. The average Bonchev–Trinajstić information content (AvgIpc) is 2.22. The SMILES string of the molecule is Cc1ccc(-c2cc(Br)ncn2)cc1C. The van der Waals surface area contributed by atoms with Crippen molar-refractivity contribution in [2.45, 2.75) is 13.8 Å². The van der Waals surface area contributed by atoms with Gasteiger partial charge in [0.1, 0.15) is 10.9 Å². The lowest BCUT2D eigenvalue weighted by Gasteiger charge is -2.04. The lowest BCUT2D eigenvalue weighted by molar-refractivity contribution is 1.14. The highest BCUT2D eigenvalue weighted by atomic mass is 79.9. The van der Waals surface area contributed by atoms with Crippen LogP contribution in [0, 0.1) is 13.8 Å². The number of nitrogens with zero attached hydrogens (tertiary/aromatic N) is 2. The second-order valence-electron chi connectivity index (χ2n) is 3.53. The number of hydrogen-bond acceptors (Lipinski definition) is 2. The van der Waals surface area contributed by atoms with Gasteiger partial charge in [0, 0.05) is 5.56 Å². The summed E-state index contributed by atoms with van der Waals surface area (Å²) in [5, 5.41) is 0. The van der Waals surface area contributed by atoms with Crippen LogP contribution < -0.4 is 0 Å². The first kappa shape index (κ1) is 10.3. The summed E-state index contributed by atoms with van der Waals surface area (Å²) < 4.78 is 0.811. The predicted molar refractivity (Wildman–Crippen MR) is 64.6 cm³/mol. The van der Waals surface area contributed by atoms with Crippen LogP contribution >= 0.6 is 15.9 Å². The van der Waals surface area contributed by atoms with Gasteiger partial charge in [-0.05, 0) is 53.0 Å². The van der Waals surface area contributed by atoms with Crippen molar-refractivity contribution in [1.29, 1.82) is 0 Å². The van der Waals surface area contributed by atoms with Gasteiger partial charge in [0.25, 0.3) is 0 Å². The standard InChI is InChI=1S/C12H11BrN2/c1-8-3-4-10(5-9(8)2)11-6-12(13)15-7-14-11/h3-7H,1-2H3. The number of benzene rings is 1. The van der Waals surface area contributed by atoms with Gasteiger partial charge in [0.15, 0.2) is 0 Å². The van der Waals surface area contributed by atoms with Crippen LogP contribution in [0.25, 0.3) is 11.3 Å². The third-order valence-corrected chi connectivity index (χ3v) is 2.87. The Kier molecular flexibility index (Phi) is 2.82. The number of aromatic nitrogens is 2. The number of halogens is 1. The smallest absolute Gasteiger partial charge is 0.117 e. The summed E-state index contributed by atoms with van der Waals surface area (Å²) in [5.74, 6) is 0. The van der Waals surface area contributed by atoms with Gasteiger partial charge in [0.05, 0.1) is 5.69 Å². The van der Waals surface area contributed by atoms with Crippen molar-refractivity contribution in [3.8, 4) is 11.3 Å². The first-order valence-electron chi connectivity index (χ1n) is 4.72. The number of rotatable bonds is 1. The van der Waals surface area contributed by atoms with Crippen molar-refractivity contribution in [3.63, 3.8) is 0 Å². The topological polar surface area (TPSA) is 25.8 Å². The largest absolute Gasteiger partial charge is 0.236 e. The molecule has 0 atom stereocenters. The summed E-state index contributed by atoms with van der Waals surface area (Å²) in [5.41, 5.74) is 4.65. The van der Waals surface area contributed by atoms with E-state index in [1.165, 1.54) is 11.1 Å². The Hall–Kier alpha value is -1.22. The minimum Gasteiger partial charge on any atom is -0.236 e. The van der Waals surface area contributed by atoms with Crippen molar-refractivity contribution >= 4 is 15.9 Å². The molecule has 2 aromatic rings. The van der Waals surface area contributed by atoms with E-state index >= 15 is 0 Å². The summed E-state index contributed by atoms with van der Waals surface area (Å²) in [7, 11) is 0. The zero-order chi connectivity index (χ0) is 10.8. The van der Waals surface area contributed by atoms with Crippen molar-refractivity contribution in [2.75, 3.05) is 0 Å². The van der Waals surface area contributed by atoms with Crippen LogP contribution in [0.1, 0.15) is 11.1 Å². The van der Waals surface area contributed by atoms with Crippen LogP contribution in [0.3, 0.4) is 0 Å². The van der Waals surface area contributed by atoms with E-state index in [-0.39, 0.29) is 0 Å². The van der Waals surface area contributed by atoms with E-state index in [0.717, 1.165) is 15.9 Å². The molecule has 15 heavy (non-hydrogen) atoms. The van der Waals surface area contributed by atoms with Crippen LogP contribution in [0.15, 0.2) is 35.2 Å². The van der Waals surface area contributed by atoms with Crippen molar-refractivity contribution in [3.05, 3.63) is 46.3 Å². The summed E-state index contributed by atoms with van der Waals surface area (Å²) in [6, 6.07) is 8.26. The molecular weight excluding hydrogens is 252 g/mol. The molecule has 1 aromatic heterocycles. The van der Waals surface area contributed by atoms with Gasteiger partial charge in [-0.25, -0.2) is 9.97 Å². The Bertz CT molecular complexity index is 495. The maximum Gasteiger partial charge on any atom is 0.117 e. The van der Waals surface area contributed by atoms with Crippen molar-refractivity contribution in [2.24, 2.45) is 0 Å². The molecule has 2 rings (SSSR count). The van der Waals surface area contributed by atoms with Gasteiger partial charge in [0.2, 0.25) is 0 Å². The highest BCUT2D eigenvalue weighted by Crippen LogP contribution is 2.21. The molecule has 76 valence electrons. The van der Waals surface area contributed by atoms with Gasteiger partial charge in [-0.3, -0.25) is 0 Å². The highest BCUT2D eigenvalue weighted by Gasteiger charge is 2.01. The van der Waals surface area contributed by atoms with Crippen LogP contribution in [0.2, 0.25) is 0 Å². The first-order valence-corrected chi connectivity index (χ1v) is 5.51. The molecule has 1 aromatic carbocycles. The van der Waals surface area contributed by atoms with Gasteiger partial charge in [-0.1, -0.05) is 12.1 Å². The lowest BCUT2D eigenvalue weighted by Crippen LogP contribution is -1.88. The summed E-state index contributed by atoms with van der Waals surface area (Å²) in [4.78, 5) is 8.25. The van der Waals surface area contributed by atoms with E-state index in [4.69, 9.17) is 0 Å². The Morgan fingerprint density at radius 2 is 1.80 bits per heavy atom.